The van der Waals surface area contributed by atoms with Gasteiger partial charge in [-0.25, -0.2) is 8.42 Å². The Morgan fingerprint density at radius 2 is 2.05 bits per heavy atom. The van der Waals surface area contributed by atoms with Crippen molar-refractivity contribution in [3.05, 3.63) is 40.6 Å². The van der Waals surface area contributed by atoms with Gasteiger partial charge in [-0.15, -0.1) is 0 Å². The first-order valence-corrected chi connectivity index (χ1v) is 8.78. The van der Waals surface area contributed by atoms with Crippen molar-refractivity contribution in [2.45, 2.75) is 16.1 Å². The highest BCUT2D eigenvalue weighted by molar-refractivity contribution is 7.92. The molecule has 1 aromatic heterocycles. The molecule has 2 aliphatic heterocycles. The summed E-state index contributed by atoms with van der Waals surface area (Å²) in [4.78, 5) is 0.544. The van der Waals surface area contributed by atoms with Crippen molar-refractivity contribution in [2.24, 2.45) is 0 Å². The number of thiophene rings is 1. The van der Waals surface area contributed by atoms with Crippen molar-refractivity contribution in [3.63, 3.8) is 0 Å². The summed E-state index contributed by atoms with van der Waals surface area (Å²) in [6, 6.07) is 7.84. The van der Waals surface area contributed by atoms with E-state index in [1.54, 1.807) is 17.4 Å². The number of fused-ring (bicyclic) bond motifs is 3. The lowest BCUT2D eigenvalue weighted by molar-refractivity contribution is 0.587. The Kier molecular flexibility index (Phi) is 2.40. The highest BCUT2D eigenvalue weighted by atomic mass is 32.2. The molecule has 1 N–H and O–H groups in total. The zero-order valence-corrected chi connectivity index (χ0v) is 11.8. The van der Waals surface area contributed by atoms with Crippen LogP contribution in [0.5, 0.6) is 0 Å². The predicted molar refractivity (Wildman–Crippen MR) is 76.3 cm³/mol. The van der Waals surface area contributed by atoms with E-state index in [0.29, 0.717) is 11.4 Å². The average molecular weight is 291 g/mol. The van der Waals surface area contributed by atoms with Crippen LogP contribution in [0.15, 0.2) is 39.9 Å². The summed E-state index contributed by atoms with van der Waals surface area (Å²) in [7, 11) is -3.13. The fourth-order valence-corrected chi connectivity index (χ4v) is 5.96. The van der Waals surface area contributed by atoms with Gasteiger partial charge in [0.15, 0.2) is 9.84 Å². The Bertz CT molecular complexity index is 735. The molecule has 1 aromatic carbocycles. The van der Waals surface area contributed by atoms with E-state index >= 15 is 0 Å². The van der Waals surface area contributed by atoms with E-state index in [1.165, 1.54) is 5.56 Å². The van der Waals surface area contributed by atoms with E-state index in [9.17, 15) is 8.42 Å². The second-order valence-corrected chi connectivity index (χ2v) is 8.03. The topological polar surface area (TPSA) is 46.2 Å². The summed E-state index contributed by atoms with van der Waals surface area (Å²) in [5.41, 5.74) is 3.28. The van der Waals surface area contributed by atoms with Crippen LogP contribution in [0.3, 0.4) is 0 Å². The van der Waals surface area contributed by atoms with Crippen molar-refractivity contribution >= 4 is 21.2 Å². The lowest BCUT2D eigenvalue weighted by Crippen LogP contribution is -2.22. The minimum absolute atomic E-state index is 0.124. The monoisotopic (exact) mass is 291 g/mol. The Balaban J connectivity index is 1.92. The van der Waals surface area contributed by atoms with Gasteiger partial charge in [0.25, 0.3) is 0 Å². The Morgan fingerprint density at radius 3 is 2.84 bits per heavy atom. The van der Waals surface area contributed by atoms with Gasteiger partial charge in [0.2, 0.25) is 0 Å². The molecular weight excluding hydrogens is 278 g/mol. The standard InChI is InChI=1S/C14H13NO2S2/c16-19(17)13-2-1-9(10-3-4-18-8-10)5-11(13)12-6-15-7-14(12)19/h1-5,8,12,14-15H,6-7H2. The van der Waals surface area contributed by atoms with E-state index in [4.69, 9.17) is 0 Å². The molecule has 0 spiro atoms. The van der Waals surface area contributed by atoms with Crippen LogP contribution in [0.2, 0.25) is 0 Å². The normalized spacial score (nSPS) is 27.2. The van der Waals surface area contributed by atoms with E-state index in [1.807, 2.05) is 11.4 Å². The summed E-state index contributed by atoms with van der Waals surface area (Å²) in [6.07, 6.45) is 0. The van der Waals surface area contributed by atoms with Crippen LogP contribution in [0.1, 0.15) is 11.5 Å². The molecule has 0 aliphatic carbocycles. The molecule has 19 heavy (non-hydrogen) atoms. The van der Waals surface area contributed by atoms with Crippen molar-refractivity contribution < 1.29 is 8.42 Å². The van der Waals surface area contributed by atoms with Gasteiger partial charge in [-0.05, 0) is 45.6 Å². The first-order valence-electron chi connectivity index (χ1n) is 6.29. The van der Waals surface area contributed by atoms with Crippen LogP contribution in [-0.4, -0.2) is 26.8 Å². The molecule has 0 amide bonds. The van der Waals surface area contributed by atoms with Crippen LogP contribution >= 0.6 is 11.3 Å². The van der Waals surface area contributed by atoms with Crippen LogP contribution in [0.4, 0.5) is 0 Å². The molecule has 2 atom stereocenters. The second-order valence-electron chi connectivity index (χ2n) is 5.11. The average Bonchev–Trinajstić information content (AvgIpc) is 3.11. The zero-order chi connectivity index (χ0) is 13.0. The summed E-state index contributed by atoms with van der Waals surface area (Å²) in [5.74, 6) is 0.124. The van der Waals surface area contributed by atoms with Crippen LogP contribution in [-0.2, 0) is 9.84 Å². The molecule has 2 aliphatic rings. The largest absolute Gasteiger partial charge is 0.315 e. The number of benzene rings is 1. The van der Waals surface area contributed by atoms with Crippen LogP contribution in [0.25, 0.3) is 11.1 Å². The van der Waals surface area contributed by atoms with Crippen molar-refractivity contribution in [2.75, 3.05) is 13.1 Å². The predicted octanol–water partition coefficient (Wildman–Crippen LogP) is 2.26. The summed E-state index contributed by atoms with van der Waals surface area (Å²) in [6.45, 7) is 1.35. The zero-order valence-electron chi connectivity index (χ0n) is 10.2. The Hall–Kier alpha value is -1.17. The van der Waals surface area contributed by atoms with Gasteiger partial charge in [-0.1, -0.05) is 6.07 Å². The molecule has 3 nitrogen and oxygen atoms in total. The molecule has 1 fully saturated rings. The molecule has 98 valence electrons. The molecular formula is C14H13NO2S2. The number of rotatable bonds is 1. The van der Waals surface area contributed by atoms with Gasteiger partial charge >= 0.3 is 0 Å². The smallest absolute Gasteiger partial charge is 0.183 e. The van der Waals surface area contributed by atoms with Gasteiger partial charge in [0.1, 0.15) is 0 Å². The highest BCUT2D eigenvalue weighted by Gasteiger charge is 2.47. The van der Waals surface area contributed by atoms with Gasteiger partial charge in [-0.3, -0.25) is 0 Å². The van der Waals surface area contributed by atoms with Gasteiger partial charge < -0.3 is 5.32 Å². The Labute approximate surface area is 116 Å². The Morgan fingerprint density at radius 1 is 1.16 bits per heavy atom. The maximum atomic E-state index is 12.4. The fraction of sp³-hybridized carbons (Fsp3) is 0.286. The number of hydrogen-bond donors (Lipinski definition) is 1. The maximum absolute atomic E-state index is 12.4. The third-order valence-corrected chi connectivity index (χ3v) is 7.09. The van der Waals surface area contributed by atoms with Gasteiger partial charge in [-0.2, -0.15) is 11.3 Å². The maximum Gasteiger partial charge on any atom is 0.183 e. The molecule has 0 saturated carbocycles. The molecule has 2 aromatic rings. The SMILES string of the molecule is O=S1(=O)c2ccc(-c3ccsc3)cc2C2CNCC21. The van der Waals surface area contributed by atoms with Gasteiger partial charge in [0, 0.05) is 19.0 Å². The summed E-state index contributed by atoms with van der Waals surface area (Å²) >= 11 is 1.66. The summed E-state index contributed by atoms with van der Waals surface area (Å²) < 4.78 is 24.9. The minimum Gasteiger partial charge on any atom is -0.315 e. The second kappa shape index (κ2) is 3.91. The van der Waals surface area contributed by atoms with Gasteiger partial charge in [0.05, 0.1) is 10.1 Å². The van der Waals surface area contributed by atoms with Crippen molar-refractivity contribution in [1.82, 2.24) is 5.32 Å². The first kappa shape index (κ1) is 11.6. The third-order valence-electron chi connectivity index (χ3n) is 4.13. The molecule has 0 radical (unpaired) electrons. The number of hydrogen-bond acceptors (Lipinski definition) is 4. The van der Waals surface area contributed by atoms with Crippen molar-refractivity contribution in [1.29, 1.82) is 0 Å². The third kappa shape index (κ3) is 1.55. The van der Waals surface area contributed by atoms with E-state index in [-0.39, 0.29) is 11.2 Å². The molecule has 0 bridgehead atoms. The lowest BCUT2D eigenvalue weighted by atomic mass is 9.95. The highest BCUT2D eigenvalue weighted by Crippen LogP contribution is 2.43. The molecule has 5 heteroatoms. The quantitative estimate of drug-likeness (QED) is 0.876. The van der Waals surface area contributed by atoms with Crippen molar-refractivity contribution in [3.8, 4) is 11.1 Å². The van der Waals surface area contributed by atoms with Crippen LogP contribution in [0, 0.1) is 0 Å². The number of sulfone groups is 1. The van der Waals surface area contributed by atoms with E-state index < -0.39 is 9.84 Å². The van der Waals surface area contributed by atoms with E-state index in [0.717, 1.165) is 17.7 Å². The number of nitrogens with one attached hydrogen (secondary N) is 1. The molecule has 1 saturated heterocycles. The van der Waals surface area contributed by atoms with E-state index in [2.05, 4.69) is 22.8 Å². The minimum atomic E-state index is -3.13. The lowest BCUT2D eigenvalue weighted by Gasteiger charge is -2.07. The first-order chi connectivity index (χ1) is 9.18. The molecule has 4 rings (SSSR count). The van der Waals surface area contributed by atoms with Crippen LogP contribution < -0.4 is 5.32 Å². The molecule has 2 unspecified atom stereocenters. The summed E-state index contributed by atoms with van der Waals surface area (Å²) in [5, 5.41) is 7.07. The molecule has 3 heterocycles. The fourth-order valence-electron chi connectivity index (χ4n) is 3.16.